The molecule has 0 aliphatic rings. The largest absolute Gasteiger partial charge is 0.435 e. The van der Waals surface area contributed by atoms with Crippen molar-refractivity contribution in [3.05, 3.63) is 118 Å². The molecule has 8 nitrogen and oxygen atoms in total. The number of halogens is 5. The first-order valence-corrected chi connectivity index (χ1v) is 12.7. The minimum absolute atomic E-state index is 0.0114. The number of carbonyl (C=O) groups excluding carboxylic acids is 2. The van der Waals surface area contributed by atoms with Crippen LogP contribution >= 0.6 is 23.2 Å². The van der Waals surface area contributed by atoms with Crippen LogP contribution < -0.4 is 10.8 Å². The van der Waals surface area contributed by atoms with E-state index in [4.69, 9.17) is 28.0 Å². The fourth-order valence-electron chi connectivity index (χ4n) is 3.97. The Morgan fingerprint density at radius 3 is 2.39 bits per heavy atom. The van der Waals surface area contributed by atoms with Gasteiger partial charge in [0.1, 0.15) is 5.69 Å². The minimum atomic E-state index is -4.87. The Morgan fingerprint density at radius 2 is 1.66 bits per heavy atom. The molecule has 3 aromatic carbocycles. The lowest BCUT2D eigenvalue weighted by Gasteiger charge is -2.16. The van der Waals surface area contributed by atoms with Crippen molar-refractivity contribution in [3.8, 4) is 5.82 Å². The molecule has 2 amide bonds. The van der Waals surface area contributed by atoms with Gasteiger partial charge in [-0.25, -0.2) is 15.1 Å². The molecule has 0 saturated carbocycles. The zero-order valence-electron chi connectivity index (χ0n) is 20.7. The van der Waals surface area contributed by atoms with Crippen LogP contribution in [0.25, 0.3) is 16.6 Å². The number of hydrogen-bond donors (Lipinski definition) is 2. The molecule has 41 heavy (non-hydrogen) atoms. The molecule has 5 aromatic rings. The number of anilines is 1. The van der Waals surface area contributed by atoms with Gasteiger partial charge in [-0.3, -0.25) is 14.4 Å². The molecular weight excluding hydrogens is 582 g/mol. The smallest absolute Gasteiger partial charge is 0.319 e. The molecule has 13 heteroatoms. The van der Waals surface area contributed by atoms with E-state index in [1.807, 2.05) is 18.2 Å². The molecule has 0 aliphatic carbocycles. The Bertz CT molecular complexity index is 1760. The Kier molecular flexibility index (Phi) is 7.93. The molecule has 0 unspecified atom stereocenters. The summed E-state index contributed by atoms with van der Waals surface area (Å²) in [4.78, 5) is 36.0. The molecule has 208 valence electrons. The van der Waals surface area contributed by atoms with Crippen LogP contribution in [0.2, 0.25) is 10.0 Å². The van der Waals surface area contributed by atoms with Gasteiger partial charge in [-0.1, -0.05) is 77.8 Å². The summed E-state index contributed by atoms with van der Waals surface area (Å²) in [6.07, 6.45) is -3.58. The SMILES string of the molecule is O=C(NOCc1ccccc1)c1cc2ccccc2c(Cl)c1NC(=O)c1cc(C(F)(F)F)nn1-c1ncccc1Cl. The van der Waals surface area contributed by atoms with E-state index in [1.165, 1.54) is 24.4 Å². The third kappa shape index (κ3) is 6.02. The van der Waals surface area contributed by atoms with Crippen LogP contribution in [0.4, 0.5) is 18.9 Å². The lowest BCUT2D eigenvalue weighted by molar-refractivity contribution is -0.141. The number of alkyl halides is 3. The maximum absolute atomic E-state index is 13.6. The number of carbonyl (C=O) groups is 2. The normalized spacial score (nSPS) is 11.4. The van der Waals surface area contributed by atoms with Gasteiger partial charge in [0.25, 0.3) is 11.8 Å². The van der Waals surface area contributed by atoms with Crippen LogP contribution in [0.1, 0.15) is 32.1 Å². The average Bonchev–Trinajstić information content (AvgIpc) is 3.41. The monoisotopic (exact) mass is 599 g/mol. The summed E-state index contributed by atoms with van der Waals surface area (Å²) in [5, 5.41) is 7.02. The summed E-state index contributed by atoms with van der Waals surface area (Å²) < 4.78 is 41.4. The van der Waals surface area contributed by atoms with Crippen LogP contribution in [0.3, 0.4) is 0 Å². The maximum Gasteiger partial charge on any atom is 0.435 e. The van der Waals surface area contributed by atoms with E-state index in [-0.39, 0.29) is 33.7 Å². The van der Waals surface area contributed by atoms with Crippen LogP contribution in [0.5, 0.6) is 0 Å². The third-order valence-corrected chi connectivity index (χ3v) is 6.58. The zero-order chi connectivity index (χ0) is 29.1. The lowest BCUT2D eigenvalue weighted by Crippen LogP contribution is -2.26. The number of aromatic nitrogens is 3. The fourth-order valence-corrected chi connectivity index (χ4v) is 4.50. The number of benzene rings is 3. The second kappa shape index (κ2) is 11.6. The summed E-state index contributed by atoms with van der Waals surface area (Å²) in [5.74, 6) is -2.00. The Hall–Kier alpha value is -4.45. The molecule has 0 spiro atoms. The molecule has 0 fully saturated rings. The first kappa shape index (κ1) is 28.1. The highest BCUT2D eigenvalue weighted by molar-refractivity contribution is 6.40. The molecule has 0 radical (unpaired) electrons. The molecule has 5 rings (SSSR count). The van der Waals surface area contributed by atoms with Gasteiger partial charge in [0.05, 0.1) is 27.9 Å². The number of fused-ring (bicyclic) bond motifs is 1. The number of nitrogens with one attached hydrogen (secondary N) is 2. The van der Waals surface area contributed by atoms with Crippen LogP contribution in [-0.2, 0) is 17.6 Å². The molecule has 0 aliphatic heterocycles. The van der Waals surface area contributed by atoms with E-state index >= 15 is 0 Å². The Balaban J connectivity index is 1.53. The van der Waals surface area contributed by atoms with E-state index in [0.29, 0.717) is 21.5 Å². The van der Waals surface area contributed by atoms with Crippen molar-refractivity contribution in [2.24, 2.45) is 0 Å². The highest BCUT2D eigenvalue weighted by Gasteiger charge is 2.37. The fraction of sp³-hybridized carbons (Fsp3) is 0.0714. The number of nitrogens with zero attached hydrogens (tertiary/aromatic N) is 3. The number of rotatable bonds is 7. The molecule has 0 atom stereocenters. The number of hydrogen-bond acceptors (Lipinski definition) is 5. The number of amides is 2. The maximum atomic E-state index is 13.6. The van der Waals surface area contributed by atoms with Crippen LogP contribution in [0, 0.1) is 0 Å². The first-order valence-electron chi connectivity index (χ1n) is 11.9. The zero-order valence-corrected chi connectivity index (χ0v) is 22.3. The summed E-state index contributed by atoms with van der Waals surface area (Å²) in [7, 11) is 0. The van der Waals surface area contributed by atoms with E-state index in [0.717, 1.165) is 5.56 Å². The second-order valence-electron chi connectivity index (χ2n) is 8.63. The lowest BCUT2D eigenvalue weighted by atomic mass is 10.0. The first-order chi connectivity index (χ1) is 19.6. The van der Waals surface area contributed by atoms with Gasteiger partial charge in [-0.15, -0.1) is 0 Å². The quantitative estimate of drug-likeness (QED) is 0.199. The number of hydroxylamine groups is 1. The predicted octanol–water partition coefficient (Wildman–Crippen LogP) is 6.86. The summed E-state index contributed by atoms with van der Waals surface area (Å²) in [6, 6.07) is 20.8. The van der Waals surface area contributed by atoms with Gasteiger partial charge in [0.2, 0.25) is 0 Å². The molecule has 2 heterocycles. The van der Waals surface area contributed by atoms with Crippen LogP contribution in [-0.4, -0.2) is 26.6 Å². The van der Waals surface area contributed by atoms with Gasteiger partial charge in [-0.2, -0.15) is 18.3 Å². The summed E-state index contributed by atoms with van der Waals surface area (Å²) in [6.45, 7) is 0.0554. The van der Waals surface area contributed by atoms with E-state index in [9.17, 15) is 22.8 Å². The van der Waals surface area contributed by atoms with Gasteiger partial charge in [0, 0.05) is 17.6 Å². The minimum Gasteiger partial charge on any atom is -0.319 e. The summed E-state index contributed by atoms with van der Waals surface area (Å²) in [5.41, 5.74) is 0.979. The van der Waals surface area contributed by atoms with Crippen molar-refractivity contribution < 1.29 is 27.6 Å². The Labute approximate surface area is 240 Å². The summed E-state index contributed by atoms with van der Waals surface area (Å²) >= 11 is 12.8. The van der Waals surface area contributed by atoms with E-state index in [1.54, 1.807) is 36.4 Å². The second-order valence-corrected chi connectivity index (χ2v) is 9.41. The van der Waals surface area contributed by atoms with Crippen LogP contribution in [0.15, 0.2) is 85.1 Å². The van der Waals surface area contributed by atoms with Crippen molar-refractivity contribution in [2.45, 2.75) is 12.8 Å². The van der Waals surface area contributed by atoms with E-state index < -0.39 is 29.4 Å². The van der Waals surface area contributed by atoms with Crippen molar-refractivity contribution in [1.29, 1.82) is 0 Å². The van der Waals surface area contributed by atoms with Gasteiger partial charge in [-0.05, 0) is 29.1 Å². The highest BCUT2D eigenvalue weighted by atomic mass is 35.5. The van der Waals surface area contributed by atoms with Crippen molar-refractivity contribution in [3.63, 3.8) is 0 Å². The predicted molar refractivity (Wildman–Crippen MR) is 147 cm³/mol. The molecular formula is C28H18Cl2F3N5O3. The average molecular weight is 600 g/mol. The third-order valence-electron chi connectivity index (χ3n) is 5.89. The van der Waals surface area contributed by atoms with Gasteiger partial charge < -0.3 is 5.32 Å². The molecule has 2 N–H and O–H groups in total. The molecule has 2 aromatic heterocycles. The topological polar surface area (TPSA) is 98.1 Å². The Morgan fingerprint density at radius 1 is 0.927 bits per heavy atom. The van der Waals surface area contributed by atoms with E-state index in [2.05, 4.69) is 20.9 Å². The van der Waals surface area contributed by atoms with Crippen molar-refractivity contribution in [1.82, 2.24) is 20.2 Å². The standard InChI is InChI=1S/C28H18Cl2F3N5O3/c29-20-11-6-12-34-25(20)38-21(14-22(36-38)28(31,32)33)27(40)35-24-19(13-17-9-4-5-10-18(17)23(24)30)26(39)37-41-15-16-7-2-1-3-8-16/h1-14H,15H2,(H,35,40)(H,37,39). The number of pyridine rings is 1. The van der Waals surface area contributed by atoms with Crippen molar-refractivity contribution in [2.75, 3.05) is 5.32 Å². The molecule has 0 bridgehead atoms. The van der Waals surface area contributed by atoms with Gasteiger partial charge >= 0.3 is 6.18 Å². The van der Waals surface area contributed by atoms with Crippen molar-refractivity contribution >= 4 is 51.5 Å². The molecule has 0 saturated heterocycles. The highest BCUT2D eigenvalue weighted by Crippen LogP contribution is 2.36. The van der Waals surface area contributed by atoms with Gasteiger partial charge in [0.15, 0.2) is 11.5 Å².